The Bertz CT molecular complexity index is 811. The molecule has 3 N–H and O–H groups in total. The van der Waals surface area contributed by atoms with E-state index < -0.39 is 5.91 Å². The van der Waals surface area contributed by atoms with Crippen LogP contribution in [0.5, 0.6) is 0 Å². The summed E-state index contributed by atoms with van der Waals surface area (Å²) in [5, 5.41) is 8.84. The van der Waals surface area contributed by atoms with E-state index in [1.54, 1.807) is 48.5 Å². The summed E-state index contributed by atoms with van der Waals surface area (Å²) in [5.41, 5.74) is 1.66. The maximum absolute atomic E-state index is 12.2. The average molecular weight is 390 g/mol. The summed E-state index contributed by atoms with van der Waals surface area (Å²) < 4.78 is 0. The van der Waals surface area contributed by atoms with Crippen molar-refractivity contribution in [2.75, 3.05) is 10.6 Å². The molecule has 0 radical (unpaired) electrons. The Morgan fingerprint density at radius 3 is 2.42 bits per heavy atom. The van der Waals surface area contributed by atoms with Crippen molar-refractivity contribution in [3.8, 4) is 0 Å². The highest BCUT2D eigenvalue weighted by Crippen LogP contribution is 2.17. The number of benzene rings is 2. The van der Waals surface area contributed by atoms with Gasteiger partial charge in [-0.05, 0) is 49.0 Å². The molecule has 0 aliphatic rings. The highest BCUT2D eigenvalue weighted by atomic mass is 35.5. The van der Waals surface area contributed by atoms with Crippen LogP contribution < -0.4 is 16.0 Å². The molecular weight excluding hydrogens is 370 g/mol. The van der Waals surface area contributed by atoms with E-state index in [4.69, 9.17) is 23.8 Å². The minimum atomic E-state index is -0.392. The number of hydrogen-bond acceptors (Lipinski definition) is 3. The molecular formula is C19H20ClN3O2S. The second kappa shape index (κ2) is 9.89. The maximum Gasteiger partial charge on any atom is 0.258 e. The molecule has 0 aliphatic carbocycles. The molecule has 2 aromatic carbocycles. The van der Waals surface area contributed by atoms with Crippen LogP contribution in [0, 0.1) is 0 Å². The number of hydrogen-bond donors (Lipinski definition) is 3. The zero-order valence-electron chi connectivity index (χ0n) is 14.3. The first kappa shape index (κ1) is 19.9. The van der Waals surface area contributed by atoms with Crippen molar-refractivity contribution in [3.05, 3.63) is 59.1 Å². The Kier molecular flexibility index (Phi) is 7.56. The minimum Gasteiger partial charge on any atom is -0.332 e. The van der Waals surface area contributed by atoms with Crippen molar-refractivity contribution >= 4 is 52.1 Å². The first-order valence-electron chi connectivity index (χ1n) is 8.26. The van der Waals surface area contributed by atoms with E-state index >= 15 is 0 Å². The van der Waals surface area contributed by atoms with Gasteiger partial charge >= 0.3 is 0 Å². The molecule has 0 heterocycles. The summed E-state index contributed by atoms with van der Waals surface area (Å²) in [6.07, 6.45) is 2.30. The zero-order chi connectivity index (χ0) is 18.9. The third-order valence-electron chi connectivity index (χ3n) is 3.51. The van der Waals surface area contributed by atoms with Crippen LogP contribution in [-0.2, 0) is 4.79 Å². The van der Waals surface area contributed by atoms with Gasteiger partial charge in [-0.25, -0.2) is 0 Å². The molecule has 26 heavy (non-hydrogen) atoms. The van der Waals surface area contributed by atoms with Gasteiger partial charge in [0, 0.05) is 17.8 Å². The van der Waals surface area contributed by atoms with Crippen molar-refractivity contribution in [2.45, 2.75) is 26.2 Å². The Morgan fingerprint density at radius 2 is 1.73 bits per heavy atom. The molecule has 0 fully saturated rings. The van der Waals surface area contributed by atoms with Gasteiger partial charge in [0.2, 0.25) is 5.91 Å². The summed E-state index contributed by atoms with van der Waals surface area (Å²) in [5.74, 6) is -0.421. The second-order valence-electron chi connectivity index (χ2n) is 5.62. The Labute approximate surface area is 163 Å². The molecule has 0 unspecified atom stereocenters. The molecule has 5 nitrogen and oxygen atoms in total. The molecule has 0 saturated carbocycles. The largest absolute Gasteiger partial charge is 0.332 e. The van der Waals surface area contributed by atoms with Gasteiger partial charge in [-0.2, -0.15) is 0 Å². The fourth-order valence-corrected chi connectivity index (χ4v) is 2.65. The van der Waals surface area contributed by atoms with Crippen LogP contribution in [0.15, 0.2) is 48.5 Å². The number of anilines is 2. The number of thiocarbonyl (C=S) groups is 1. The first-order chi connectivity index (χ1) is 12.5. The molecule has 0 saturated heterocycles. The second-order valence-corrected chi connectivity index (χ2v) is 6.44. The number of amides is 2. The standard InChI is InChI=1S/C19H20ClN3O2S/c1-2-3-11-17(24)21-13-7-6-8-14(12-13)22-19(26)23-18(25)15-9-4-5-10-16(15)20/h4-10,12H,2-3,11H2,1H3,(H,21,24)(H2,22,23,25,26). The normalized spacial score (nSPS) is 10.1. The number of unbranched alkanes of at least 4 members (excludes halogenated alkanes) is 1. The van der Waals surface area contributed by atoms with E-state index in [1.165, 1.54) is 0 Å². The van der Waals surface area contributed by atoms with Crippen molar-refractivity contribution < 1.29 is 9.59 Å². The van der Waals surface area contributed by atoms with E-state index in [2.05, 4.69) is 16.0 Å². The quantitative estimate of drug-likeness (QED) is 0.631. The average Bonchev–Trinajstić information content (AvgIpc) is 2.60. The predicted molar refractivity (Wildman–Crippen MR) is 110 cm³/mol. The van der Waals surface area contributed by atoms with Gasteiger partial charge in [0.05, 0.1) is 10.6 Å². The maximum atomic E-state index is 12.2. The van der Waals surface area contributed by atoms with Gasteiger partial charge in [0.25, 0.3) is 5.91 Å². The monoisotopic (exact) mass is 389 g/mol. The Morgan fingerprint density at radius 1 is 1.04 bits per heavy atom. The predicted octanol–water partition coefficient (Wildman–Crippen LogP) is 4.60. The van der Waals surface area contributed by atoms with Gasteiger partial charge in [-0.15, -0.1) is 0 Å². The Hall–Kier alpha value is -2.44. The van der Waals surface area contributed by atoms with Crippen molar-refractivity contribution in [3.63, 3.8) is 0 Å². The molecule has 136 valence electrons. The Balaban J connectivity index is 1.94. The summed E-state index contributed by atoms with van der Waals surface area (Å²) in [6.45, 7) is 2.04. The van der Waals surface area contributed by atoms with Gasteiger partial charge in [0.1, 0.15) is 0 Å². The van der Waals surface area contributed by atoms with E-state index in [9.17, 15) is 9.59 Å². The van der Waals surface area contributed by atoms with Crippen molar-refractivity contribution in [2.24, 2.45) is 0 Å². The van der Waals surface area contributed by atoms with Gasteiger partial charge in [-0.1, -0.05) is 43.1 Å². The number of carbonyl (C=O) groups is 2. The van der Waals surface area contributed by atoms with Crippen LogP contribution in [0.3, 0.4) is 0 Å². The summed E-state index contributed by atoms with van der Waals surface area (Å²) in [4.78, 5) is 24.0. The lowest BCUT2D eigenvalue weighted by atomic mass is 10.2. The smallest absolute Gasteiger partial charge is 0.258 e. The molecule has 2 aromatic rings. The van der Waals surface area contributed by atoms with Crippen LogP contribution >= 0.6 is 23.8 Å². The van der Waals surface area contributed by atoms with E-state index in [-0.39, 0.29) is 11.0 Å². The third kappa shape index (κ3) is 6.13. The van der Waals surface area contributed by atoms with Crippen LogP contribution in [0.25, 0.3) is 0 Å². The lowest BCUT2D eigenvalue weighted by Crippen LogP contribution is -2.34. The first-order valence-corrected chi connectivity index (χ1v) is 9.05. The zero-order valence-corrected chi connectivity index (χ0v) is 15.9. The molecule has 0 aromatic heterocycles. The van der Waals surface area contributed by atoms with Crippen LogP contribution in [0.1, 0.15) is 36.5 Å². The summed E-state index contributed by atoms with van der Waals surface area (Å²) in [7, 11) is 0. The number of halogens is 1. The fraction of sp³-hybridized carbons (Fsp3) is 0.211. The SMILES string of the molecule is CCCCC(=O)Nc1cccc(NC(=S)NC(=O)c2ccccc2Cl)c1. The lowest BCUT2D eigenvalue weighted by molar-refractivity contribution is -0.116. The number of rotatable bonds is 6. The molecule has 2 amide bonds. The van der Waals surface area contributed by atoms with Gasteiger partial charge in [0.15, 0.2) is 5.11 Å². The van der Waals surface area contributed by atoms with E-state index in [0.29, 0.717) is 28.4 Å². The number of carbonyl (C=O) groups excluding carboxylic acids is 2. The lowest BCUT2D eigenvalue weighted by Gasteiger charge is -2.12. The van der Waals surface area contributed by atoms with Crippen LogP contribution in [-0.4, -0.2) is 16.9 Å². The van der Waals surface area contributed by atoms with Crippen LogP contribution in [0.2, 0.25) is 5.02 Å². The number of nitrogens with one attached hydrogen (secondary N) is 3. The minimum absolute atomic E-state index is 0.0291. The third-order valence-corrected chi connectivity index (χ3v) is 4.04. The molecule has 0 atom stereocenters. The van der Waals surface area contributed by atoms with E-state index in [0.717, 1.165) is 12.8 Å². The van der Waals surface area contributed by atoms with Crippen LogP contribution in [0.4, 0.5) is 11.4 Å². The summed E-state index contributed by atoms with van der Waals surface area (Å²) in [6, 6.07) is 13.8. The molecule has 2 rings (SSSR count). The molecule has 7 heteroatoms. The summed E-state index contributed by atoms with van der Waals surface area (Å²) >= 11 is 11.2. The van der Waals surface area contributed by atoms with E-state index in [1.807, 2.05) is 6.92 Å². The van der Waals surface area contributed by atoms with Gasteiger partial charge < -0.3 is 10.6 Å². The van der Waals surface area contributed by atoms with Gasteiger partial charge in [-0.3, -0.25) is 14.9 Å². The molecule has 0 bridgehead atoms. The topological polar surface area (TPSA) is 70.2 Å². The highest BCUT2D eigenvalue weighted by molar-refractivity contribution is 7.80. The molecule has 0 spiro atoms. The molecule has 0 aliphatic heterocycles. The van der Waals surface area contributed by atoms with Crippen molar-refractivity contribution in [1.29, 1.82) is 0 Å². The fourth-order valence-electron chi connectivity index (χ4n) is 2.21. The highest BCUT2D eigenvalue weighted by Gasteiger charge is 2.11. The van der Waals surface area contributed by atoms with Crippen molar-refractivity contribution in [1.82, 2.24) is 5.32 Å².